The molecule has 6 nitrogen and oxygen atoms in total. The minimum atomic E-state index is -0.220. The van der Waals surface area contributed by atoms with Crippen molar-refractivity contribution in [1.82, 2.24) is 0 Å². The molecule has 2 aromatic carbocycles. The van der Waals surface area contributed by atoms with Crippen LogP contribution in [0.3, 0.4) is 0 Å². The molecule has 0 bridgehead atoms. The Hall–Kier alpha value is -3.32. The first-order chi connectivity index (χ1) is 13.7. The molecular formula is C21H16N2O4S. The van der Waals surface area contributed by atoms with Crippen LogP contribution in [-0.2, 0) is 6.42 Å². The van der Waals surface area contributed by atoms with E-state index in [1.807, 2.05) is 35.7 Å². The van der Waals surface area contributed by atoms with Crippen molar-refractivity contribution in [3.63, 3.8) is 0 Å². The van der Waals surface area contributed by atoms with E-state index in [1.54, 1.807) is 23.1 Å². The average molecular weight is 392 g/mol. The minimum absolute atomic E-state index is 0.0193. The molecule has 5 rings (SSSR count). The number of carbonyl (C=O) groups excluding carboxylic acids is 2. The number of carbonyl (C=O) groups is 2. The molecule has 0 saturated carbocycles. The zero-order valence-corrected chi connectivity index (χ0v) is 15.6. The highest BCUT2D eigenvalue weighted by Gasteiger charge is 2.26. The van der Waals surface area contributed by atoms with E-state index in [9.17, 15) is 9.59 Å². The number of anilines is 2. The van der Waals surface area contributed by atoms with Crippen molar-refractivity contribution < 1.29 is 19.1 Å². The Balaban J connectivity index is 1.34. The molecule has 2 aliphatic heterocycles. The lowest BCUT2D eigenvalue weighted by atomic mass is 10.1. The van der Waals surface area contributed by atoms with E-state index in [0.717, 1.165) is 22.5 Å². The van der Waals surface area contributed by atoms with Crippen LogP contribution in [0.15, 0.2) is 53.9 Å². The van der Waals surface area contributed by atoms with Gasteiger partial charge in [-0.1, -0.05) is 6.07 Å². The maximum Gasteiger partial charge on any atom is 0.268 e. The van der Waals surface area contributed by atoms with Crippen LogP contribution in [-0.4, -0.2) is 25.2 Å². The number of hydrogen-bond acceptors (Lipinski definition) is 5. The SMILES string of the molecule is O=C(Nc1ccc2c(c1)CCN2C(=O)c1cccs1)c1ccc2c(c1)OCO2. The van der Waals surface area contributed by atoms with E-state index in [0.29, 0.717) is 29.3 Å². The van der Waals surface area contributed by atoms with Crippen molar-refractivity contribution in [1.29, 1.82) is 0 Å². The molecule has 0 radical (unpaired) electrons. The molecule has 0 fully saturated rings. The summed E-state index contributed by atoms with van der Waals surface area (Å²) in [5, 5.41) is 4.82. The standard InChI is InChI=1S/C21H16N2O4S/c24-20(14-3-6-17-18(11-14)27-12-26-17)22-15-4-5-16-13(10-15)7-8-23(16)21(25)19-2-1-9-28-19/h1-6,9-11H,7-8,12H2,(H,22,24). The molecule has 7 heteroatoms. The molecule has 3 heterocycles. The fourth-order valence-corrected chi connectivity index (χ4v) is 4.14. The maximum absolute atomic E-state index is 12.7. The number of hydrogen-bond donors (Lipinski definition) is 1. The number of ether oxygens (including phenoxy) is 2. The van der Waals surface area contributed by atoms with Gasteiger partial charge in [-0.15, -0.1) is 11.3 Å². The first-order valence-corrected chi connectivity index (χ1v) is 9.76. The molecule has 1 aromatic heterocycles. The Morgan fingerprint density at radius 1 is 1.04 bits per heavy atom. The smallest absolute Gasteiger partial charge is 0.268 e. The molecule has 0 spiro atoms. The number of nitrogens with zero attached hydrogens (tertiary/aromatic N) is 1. The number of rotatable bonds is 3. The Morgan fingerprint density at radius 3 is 2.79 bits per heavy atom. The van der Waals surface area contributed by atoms with E-state index in [2.05, 4.69) is 5.32 Å². The first-order valence-electron chi connectivity index (χ1n) is 8.88. The Labute approximate surface area is 165 Å². The first kappa shape index (κ1) is 16.8. The van der Waals surface area contributed by atoms with Crippen molar-refractivity contribution in [2.24, 2.45) is 0 Å². The Morgan fingerprint density at radius 2 is 1.93 bits per heavy atom. The summed E-state index contributed by atoms with van der Waals surface area (Å²) in [6, 6.07) is 14.5. The molecule has 2 aliphatic rings. The second kappa shape index (κ2) is 6.69. The van der Waals surface area contributed by atoms with Gasteiger partial charge in [-0.25, -0.2) is 0 Å². The molecule has 140 valence electrons. The van der Waals surface area contributed by atoms with Gasteiger partial charge in [0.15, 0.2) is 11.5 Å². The molecule has 0 aliphatic carbocycles. The zero-order valence-electron chi connectivity index (χ0n) is 14.8. The van der Waals surface area contributed by atoms with E-state index in [4.69, 9.17) is 9.47 Å². The van der Waals surface area contributed by atoms with Crippen LogP contribution in [0.4, 0.5) is 11.4 Å². The minimum Gasteiger partial charge on any atom is -0.454 e. The van der Waals surface area contributed by atoms with Gasteiger partial charge in [0.05, 0.1) is 4.88 Å². The fourth-order valence-electron chi connectivity index (χ4n) is 3.46. The third kappa shape index (κ3) is 2.90. The molecule has 0 unspecified atom stereocenters. The van der Waals surface area contributed by atoms with E-state index < -0.39 is 0 Å². The largest absolute Gasteiger partial charge is 0.454 e. The summed E-state index contributed by atoms with van der Waals surface area (Å²) < 4.78 is 10.6. The number of thiophene rings is 1. The van der Waals surface area contributed by atoms with Crippen molar-refractivity contribution >= 4 is 34.5 Å². The van der Waals surface area contributed by atoms with Gasteiger partial charge in [-0.05, 0) is 59.8 Å². The predicted molar refractivity (Wildman–Crippen MR) is 107 cm³/mol. The fraction of sp³-hybridized carbons (Fsp3) is 0.143. The number of benzene rings is 2. The Kier molecular flexibility index (Phi) is 4.02. The monoisotopic (exact) mass is 392 g/mol. The van der Waals surface area contributed by atoms with Gasteiger partial charge >= 0.3 is 0 Å². The van der Waals surface area contributed by atoms with Crippen LogP contribution in [0.25, 0.3) is 0 Å². The number of nitrogens with one attached hydrogen (secondary N) is 1. The molecule has 0 saturated heterocycles. The van der Waals surface area contributed by atoms with Gasteiger partial charge in [0, 0.05) is 23.5 Å². The van der Waals surface area contributed by atoms with Gasteiger partial charge in [0.25, 0.3) is 11.8 Å². The number of amides is 2. The van der Waals surface area contributed by atoms with Gasteiger partial charge < -0.3 is 19.7 Å². The quantitative estimate of drug-likeness (QED) is 0.733. The predicted octanol–water partition coefficient (Wildman–Crippen LogP) is 3.93. The molecule has 2 amide bonds. The second-order valence-electron chi connectivity index (χ2n) is 6.55. The van der Waals surface area contributed by atoms with Gasteiger partial charge in [-0.2, -0.15) is 0 Å². The van der Waals surface area contributed by atoms with Crippen LogP contribution in [0.5, 0.6) is 11.5 Å². The van der Waals surface area contributed by atoms with Crippen molar-refractivity contribution in [3.8, 4) is 11.5 Å². The van der Waals surface area contributed by atoms with Gasteiger partial charge in [0.2, 0.25) is 6.79 Å². The summed E-state index contributed by atoms with van der Waals surface area (Å²) in [6.45, 7) is 0.817. The summed E-state index contributed by atoms with van der Waals surface area (Å²) in [5.74, 6) is 1.02. The highest BCUT2D eigenvalue weighted by molar-refractivity contribution is 7.12. The molecular weight excluding hydrogens is 376 g/mol. The van der Waals surface area contributed by atoms with Crippen molar-refractivity contribution in [2.75, 3.05) is 23.6 Å². The van der Waals surface area contributed by atoms with Crippen LogP contribution >= 0.6 is 11.3 Å². The Bertz CT molecular complexity index is 1080. The van der Waals surface area contributed by atoms with Crippen LogP contribution in [0.1, 0.15) is 25.6 Å². The van der Waals surface area contributed by atoms with Crippen molar-refractivity contribution in [2.45, 2.75) is 6.42 Å². The van der Waals surface area contributed by atoms with Gasteiger partial charge in [-0.3, -0.25) is 9.59 Å². The lowest BCUT2D eigenvalue weighted by Gasteiger charge is -2.16. The summed E-state index contributed by atoms with van der Waals surface area (Å²) in [7, 11) is 0. The maximum atomic E-state index is 12.7. The molecule has 3 aromatic rings. The van der Waals surface area contributed by atoms with E-state index in [-0.39, 0.29) is 18.6 Å². The second-order valence-corrected chi connectivity index (χ2v) is 7.50. The lowest BCUT2D eigenvalue weighted by Crippen LogP contribution is -2.28. The summed E-state index contributed by atoms with van der Waals surface area (Å²) in [4.78, 5) is 27.8. The lowest BCUT2D eigenvalue weighted by molar-refractivity contribution is 0.0991. The van der Waals surface area contributed by atoms with Crippen molar-refractivity contribution in [3.05, 3.63) is 69.9 Å². The van der Waals surface area contributed by atoms with E-state index >= 15 is 0 Å². The highest BCUT2D eigenvalue weighted by Crippen LogP contribution is 2.34. The van der Waals surface area contributed by atoms with Gasteiger partial charge in [0.1, 0.15) is 0 Å². The van der Waals surface area contributed by atoms with Crippen LogP contribution < -0.4 is 19.7 Å². The topological polar surface area (TPSA) is 67.9 Å². The third-order valence-corrected chi connectivity index (χ3v) is 5.70. The number of fused-ring (bicyclic) bond motifs is 2. The highest BCUT2D eigenvalue weighted by atomic mass is 32.1. The van der Waals surface area contributed by atoms with Crippen LogP contribution in [0, 0.1) is 0 Å². The average Bonchev–Trinajstić information content (AvgIpc) is 3.46. The van der Waals surface area contributed by atoms with Crippen LogP contribution in [0.2, 0.25) is 0 Å². The summed E-state index contributed by atoms with van der Waals surface area (Å²) in [6.07, 6.45) is 0.764. The summed E-state index contributed by atoms with van der Waals surface area (Å²) in [5.41, 5.74) is 3.15. The third-order valence-electron chi connectivity index (χ3n) is 4.84. The normalized spacial score (nSPS) is 14.1. The van der Waals surface area contributed by atoms with E-state index in [1.165, 1.54) is 11.3 Å². The molecule has 0 atom stereocenters. The summed E-state index contributed by atoms with van der Waals surface area (Å²) >= 11 is 1.44. The molecule has 28 heavy (non-hydrogen) atoms. The molecule has 1 N–H and O–H groups in total. The zero-order chi connectivity index (χ0) is 19.1.